The van der Waals surface area contributed by atoms with E-state index in [1.165, 1.54) is 51.4 Å². The van der Waals surface area contributed by atoms with Crippen LogP contribution < -0.4 is 0 Å². The topological polar surface area (TPSA) is 44.1 Å². The molecule has 6 rings (SSSR count). The first-order chi connectivity index (χ1) is 16.8. The molecule has 0 N–H and O–H groups in total. The smallest absolute Gasteiger partial charge is 0.157 e. The highest BCUT2D eigenvalue weighted by Crippen LogP contribution is 2.67. The fourth-order valence-electron chi connectivity index (χ4n) is 9.69. The highest BCUT2D eigenvalue weighted by Gasteiger charge is 2.61. The summed E-state index contributed by atoms with van der Waals surface area (Å²) in [6, 6.07) is 5.81. The highest BCUT2D eigenvalue weighted by molar-refractivity contribution is 6.31. The first-order valence-corrected chi connectivity index (χ1v) is 14.3. The Kier molecular flexibility index (Phi) is 6.08. The molecule has 35 heavy (non-hydrogen) atoms. The van der Waals surface area contributed by atoms with Gasteiger partial charge in [-0.2, -0.15) is 5.10 Å². The molecule has 4 aliphatic carbocycles. The largest absolute Gasteiger partial charge is 0.384 e. The number of aromatic nitrogens is 2. The molecule has 4 fully saturated rings. The number of hydrogen-bond donors (Lipinski definition) is 0. The predicted octanol–water partition coefficient (Wildman–Crippen LogP) is 7.18. The van der Waals surface area contributed by atoms with Crippen molar-refractivity contribution in [2.75, 3.05) is 13.7 Å². The van der Waals surface area contributed by atoms with E-state index in [-0.39, 0.29) is 11.3 Å². The molecule has 4 aliphatic rings. The summed E-state index contributed by atoms with van der Waals surface area (Å²) < 4.78 is 7.40. The van der Waals surface area contributed by atoms with Crippen LogP contribution in [0.2, 0.25) is 5.02 Å². The van der Waals surface area contributed by atoms with E-state index in [2.05, 4.69) is 18.9 Å². The zero-order chi connectivity index (χ0) is 24.4. The van der Waals surface area contributed by atoms with Crippen molar-refractivity contribution in [3.8, 4) is 0 Å². The molecular weight excluding hydrogens is 456 g/mol. The average molecular weight is 497 g/mol. The molecule has 1 aromatic heterocycles. The number of hydrogen-bond acceptors (Lipinski definition) is 3. The fraction of sp³-hybridized carbons (Fsp3) is 0.733. The molecule has 2 aromatic rings. The number of carbonyl (C=O) groups excluding carboxylic acids is 1. The first-order valence-electron chi connectivity index (χ1n) is 14.0. The lowest BCUT2D eigenvalue weighted by Crippen LogP contribution is -2.54. The number of benzene rings is 1. The van der Waals surface area contributed by atoms with Gasteiger partial charge in [-0.05, 0) is 116 Å². The van der Waals surface area contributed by atoms with Crippen molar-refractivity contribution >= 4 is 28.3 Å². The molecule has 0 bridgehead atoms. The zero-order valence-corrected chi connectivity index (χ0v) is 22.4. The Labute approximate surface area is 215 Å². The predicted molar refractivity (Wildman–Crippen MR) is 140 cm³/mol. The Bertz CT molecular complexity index is 1110. The summed E-state index contributed by atoms with van der Waals surface area (Å²) in [5.41, 5.74) is 1.60. The van der Waals surface area contributed by atoms with Crippen LogP contribution in [0.15, 0.2) is 24.4 Å². The van der Waals surface area contributed by atoms with E-state index in [9.17, 15) is 4.79 Å². The minimum Gasteiger partial charge on any atom is -0.384 e. The van der Waals surface area contributed by atoms with Crippen LogP contribution in [-0.2, 0) is 16.1 Å². The maximum atomic E-state index is 13.7. The second-order valence-electron chi connectivity index (χ2n) is 12.9. The Morgan fingerprint density at radius 2 is 1.89 bits per heavy atom. The first kappa shape index (κ1) is 24.0. The van der Waals surface area contributed by atoms with Crippen molar-refractivity contribution in [3.63, 3.8) is 0 Å². The van der Waals surface area contributed by atoms with Crippen LogP contribution in [0.5, 0.6) is 0 Å². The van der Waals surface area contributed by atoms with E-state index in [0.717, 1.165) is 47.6 Å². The van der Waals surface area contributed by atoms with Crippen molar-refractivity contribution in [1.82, 2.24) is 9.78 Å². The van der Waals surface area contributed by atoms with Gasteiger partial charge in [0.15, 0.2) is 5.78 Å². The van der Waals surface area contributed by atoms with Crippen molar-refractivity contribution in [1.29, 1.82) is 0 Å². The van der Waals surface area contributed by atoms with Gasteiger partial charge in [0.2, 0.25) is 0 Å². The lowest BCUT2D eigenvalue weighted by atomic mass is 9.44. The molecule has 1 heterocycles. The van der Waals surface area contributed by atoms with Gasteiger partial charge in [-0.25, -0.2) is 0 Å². The summed E-state index contributed by atoms with van der Waals surface area (Å²) in [5.74, 6) is 4.50. The molecule has 190 valence electrons. The summed E-state index contributed by atoms with van der Waals surface area (Å²) in [5, 5.41) is 6.28. The fourth-order valence-corrected chi connectivity index (χ4v) is 9.86. The minimum atomic E-state index is 0.148. The maximum Gasteiger partial charge on any atom is 0.157 e. The van der Waals surface area contributed by atoms with Crippen LogP contribution in [0.4, 0.5) is 0 Å². The third-order valence-corrected chi connectivity index (χ3v) is 11.7. The number of halogens is 1. The van der Waals surface area contributed by atoms with Crippen LogP contribution in [0.1, 0.15) is 71.6 Å². The van der Waals surface area contributed by atoms with E-state index in [0.29, 0.717) is 28.7 Å². The number of ether oxygens (including phenoxy) is 1. The molecule has 0 amide bonds. The van der Waals surface area contributed by atoms with Crippen molar-refractivity contribution in [2.45, 2.75) is 78.2 Å². The van der Waals surface area contributed by atoms with Gasteiger partial charge in [0.25, 0.3) is 0 Å². The summed E-state index contributed by atoms with van der Waals surface area (Å²) >= 11 is 6.24. The molecule has 5 heteroatoms. The molecule has 1 aromatic carbocycles. The summed E-state index contributed by atoms with van der Waals surface area (Å²) in [4.78, 5) is 13.7. The Balaban J connectivity index is 1.19. The molecule has 4 nitrogen and oxygen atoms in total. The third-order valence-electron chi connectivity index (χ3n) is 11.5. The lowest BCUT2D eigenvalue weighted by Gasteiger charge is -2.61. The van der Waals surface area contributed by atoms with E-state index in [1.807, 2.05) is 36.2 Å². The summed E-state index contributed by atoms with van der Waals surface area (Å²) in [7, 11) is 1.86. The Morgan fingerprint density at radius 3 is 2.71 bits per heavy atom. The minimum absolute atomic E-state index is 0.148. The number of fused-ring (bicyclic) bond motifs is 6. The van der Waals surface area contributed by atoms with Crippen LogP contribution >= 0.6 is 11.6 Å². The van der Waals surface area contributed by atoms with E-state index in [1.54, 1.807) is 0 Å². The van der Waals surface area contributed by atoms with E-state index >= 15 is 0 Å². The molecule has 8 unspecified atom stereocenters. The van der Waals surface area contributed by atoms with Gasteiger partial charge < -0.3 is 4.74 Å². The van der Waals surface area contributed by atoms with Crippen LogP contribution in [0.25, 0.3) is 10.9 Å². The van der Waals surface area contributed by atoms with Gasteiger partial charge in [-0.15, -0.1) is 0 Å². The molecular formula is C30H41ClN2O2. The Hall–Kier alpha value is -1.39. The number of methoxy groups -OCH3 is 1. The monoisotopic (exact) mass is 496 g/mol. The lowest BCUT2D eigenvalue weighted by molar-refractivity contribution is -0.138. The van der Waals surface area contributed by atoms with Crippen LogP contribution in [0.3, 0.4) is 0 Å². The van der Waals surface area contributed by atoms with Crippen LogP contribution in [-0.4, -0.2) is 29.3 Å². The van der Waals surface area contributed by atoms with Gasteiger partial charge >= 0.3 is 0 Å². The second-order valence-corrected chi connectivity index (χ2v) is 13.3. The molecule has 8 atom stereocenters. The van der Waals surface area contributed by atoms with E-state index < -0.39 is 0 Å². The Morgan fingerprint density at radius 1 is 1.09 bits per heavy atom. The van der Waals surface area contributed by atoms with Gasteiger partial charge in [0, 0.05) is 30.0 Å². The van der Waals surface area contributed by atoms with Gasteiger partial charge in [-0.1, -0.05) is 25.4 Å². The quantitative estimate of drug-likeness (QED) is 0.440. The summed E-state index contributed by atoms with van der Waals surface area (Å²) in [6.45, 7) is 6.39. The van der Waals surface area contributed by atoms with Gasteiger partial charge in [0.1, 0.15) is 6.54 Å². The van der Waals surface area contributed by atoms with Crippen molar-refractivity contribution in [2.24, 2.45) is 46.3 Å². The van der Waals surface area contributed by atoms with E-state index in [4.69, 9.17) is 16.3 Å². The number of Topliss-reactive ketones (excluding diaryl/α,β-unsaturated/α-hetero) is 1. The van der Waals surface area contributed by atoms with Crippen molar-refractivity contribution in [3.05, 3.63) is 29.4 Å². The molecule has 0 spiro atoms. The highest BCUT2D eigenvalue weighted by atomic mass is 35.5. The molecule has 0 aliphatic heterocycles. The van der Waals surface area contributed by atoms with Crippen LogP contribution in [0, 0.1) is 46.3 Å². The normalized spacial score (nSPS) is 40.8. The standard InChI is InChI=1S/C30H41ClN2O2/c1-29-12-10-19(18-35-3)14-21(29)5-7-23-24-8-9-26(30(24,2)13-11-25(23)29)28(34)17-33-27-15-22(31)6-4-20(27)16-32-33/h4,6,15-16,19,21,23-26H,5,7-14,17-18H2,1-3H3. The van der Waals surface area contributed by atoms with Gasteiger partial charge in [0.05, 0.1) is 11.7 Å². The number of rotatable bonds is 5. The molecule has 0 radical (unpaired) electrons. The number of carbonyl (C=O) groups is 1. The average Bonchev–Trinajstić information content (AvgIpc) is 3.39. The molecule has 4 saturated carbocycles. The third kappa shape index (κ3) is 3.81. The van der Waals surface area contributed by atoms with Gasteiger partial charge in [-0.3, -0.25) is 9.48 Å². The maximum absolute atomic E-state index is 13.7. The zero-order valence-electron chi connectivity index (χ0n) is 21.6. The second kappa shape index (κ2) is 8.87. The molecule has 0 saturated heterocycles. The number of nitrogens with zero attached hydrogens (tertiary/aromatic N) is 2. The van der Waals surface area contributed by atoms with Crippen molar-refractivity contribution < 1.29 is 9.53 Å². The SMILES string of the molecule is COCC1CCC2(C)C(CCC3C2CCC2(C)C(C(=O)Cn4ncc5ccc(Cl)cc54)CCC32)C1. The summed E-state index contributed by atoms with van der Waals surface area (Å²) in [6.07, 6.45) is 13.5. The number of ketones is 1.